The van der Waals surface area contributed by atoms with Crippen LogP contribution in [0.1, 0.15) is 27.9 Å². The molecule has 0 aromatic heterocycles. The van der Waals surface area contributed by atoms with Crippen molar-refractivity contribution in [3.05, 3.63) is 47.0 Å². The maximum absolute atomic E-state index is 14.1. The van der Waals surface area contributed by atoms with Crippen LogP contribution in [0.15, 0.2) is 30.3 Å². The highest BCUT2D eigenvalue weighted by Gasteiger charge is 2.69. The maximum atomic E-state index is 14.1. The number of aromatic hydroxyl groups is 1. The summed E-state index contributed by atoms with van der Waals surface area (Å²) in [5.41, 5.74) is 3.89. The number of carbonyl (C=O) groups excluding carboxylic acids is 5. The molecule has 1 amide bonds. The number of anilines is 2. The van der Waals surface area contributed by atoms with Crippen molar-refractivity contribution >= 4 is 40.4 Å². The number of halogens is 3. The highest BCUT2D eigenvalue weighted by Crippen LogP contribution is 2.52. The Labute approximate surface area is 261 Å². The number of ether oxygens (including phenoxy) is 1. The van der Waals surface area contributed by atoms with Gasteiger partial charge in [-0.05, 0) is 62.2 Å². The maximum Gasteiger partial charge on any atom is 0.573 e. The molecule has 5 N–H and O–H groups in total. The molecule has 12 nitrogen and oxygen atoms in total. The number of nitrogens with zero attached hydrogens (tertiary/aromatic N) is 2. The number of hydrogen-bond donors (Lipinski definition) is 4. The molecule has 2 saturated carbocycles. The first-order valence-corrected chi connectivity index (χ1v) is 14.4. The Morgan fingerprint density at radius 3 is 2.26 bits per heavy atom. The highest BCUT2D eigenvalue weighted by atomic mass is 19.4. The van der Waals surface area contributed by atoms with Crippen LogP contribution in [-0.4, -0.2) is 90.3 Å². The zero-order chi connectivity index (χ0) is 34.0. The number of carbonyl (C=O) groups is 5. The first kappa shape index (κ1) is 32.9. The molecular formula is C31H33F3N4O8. The van der Waals surface area contributed by atoms with E-state index in [0.717, 1.165) is 12.1 Å². The van der Waals surface area contributed by atoms with Crippen LogP contribution in [0, 0.1) is 23.7 Å². The van der Waals surface area contributed by atoms with Crippen LogP contribution in [0.4, 0.5) is 24.5 Å². The zero-order valence-electron chi connectivity index (χ0n) is 25.3. The average molecular weight is 647 g/mol. The van der Waals surface area contributed by atoms with Gasteiger partial charge >= 0.3 is 6.36 Å². The van der Waals surface area contributed by atoms with Gasteiger partial charge in [0.25, 0.3) is 0 Å². The Kier molecular flexibility index (Phi) is 8.14. The van der Waals surface area contributed by atoms with Gasteiger partial charge in [-0.2, -0.15) is 0 Å². The lowest BCUT2D eigenvalue weighted by Gasteiger charge is -2.52. The summed E-state index contributed by atoms with van der Waals surface area (Å²) in [6.07, 6.45) is -4.84. The molecule has 0 spiro atoms. The van der Waals surface area contributed by atoms with E-state index in [0.29, 0.717) is 16.8 Å². The number of nitrogens with two attached hydrogens (primary N) is 1. The lowest BCUT2D eigenvalue weighted by Crippen LogP contribution is -2.74. The Balaban J connectivity index is 1.52. The number of nitrogens with one attached hydrogen (secondary N) is 1. The van der Waals surface area contributed by atoms with Crippen LogP contribution in [0.2, 0.25) is 0 Å². The SMILES string of the molecule is CN(C)c1cc(NCc2ccc(OC(F)(F)F)cc2)c(O)c2c1C[C@@H]1C[C@@H]3[C@@H](N(C)C)C(=O)C(C(N)=O)C(=O)[C@]3(O)C(=O)C1C2=O. The molecule has 2 aromatic rings. The van der Waals surface area contributed by atoms with Crippen molar-refractivity contribution in [1.29, 1.82) is 0 Å². The van der Waals surface area contributed by atoms with Gasteiger partial charge in [0.05, 0.1) is 23.2 Å². The van der Waals surface area contributed by atoms with E-state index in [1.54, 1.807) is 25.1 Å². The Morgan fingerprint density at radius 2 is 1.72 bits per heavy atom. The number of fused-ring (bicyclic) bond motifs is 3. The molecule has 5 rings (SSSR count). The number of rotatable bonds is 7. The lowest BCUT2D eigenvalue weighted by molar-refractivity contribution is -0.274. The van der Waals surface area contributed by atoms with E-state index in [1.165, 1.54) is 31.1 Å². The fourth-order valence-corrected chi connectivity index (χ4v) is 7.19. The summed E-state index contributed by atoms with van der Waals surface area (Å²) in [5, 5.41) is 26.1. The molecule has 0 radical (unpaired) electrons. The molecule has 15 heteroatoms. The van der Waals surface area contributed by atoms with Crippen molar-refractivity contribution < 1.29 is 52.1 Å². The largest absolute Gasteiger partial charge is 0.573 e. The molecule has 2 fully saturated rings. The molecule has 3 aliphatic carbocycles. The van der Waals surface area contributed by atoms with E-state index in [2.05, 4.69) is 10.1 Å². The van der Waals surface area contributed by atoms with E-state index < -0.39 is 82.2 Å². The van der Waals surface area contributed by atoms with E-state index >= 15 is 0 Å². The van der Waals surface area contributed by atoms with E-state index in [1.807, 2.05) is 0 Å². The molecule has 6 atom stereocenters. The molecule has 2 aromatic carbocycles. The predicted molar refractivity (Wildman–Crippen MR) is 156 cm³/mol. The Morgan fingerprint density at radius 1 is 1.09 bits per heavy atom. The van der Waals surface area contributed by atoms with Crippen LogP contribution in [0.25, 0.3) is 0 Å². The van der Waals surface area contributed by atoms with E-state index in [4.69, 9.17) is 5.73 Å². The Bertz CT molecular complexity index is 1640. The quantitative estimate of drug-likeness (QED) is 0.253. The predicted octanol–water partition coefficient (Wildman–Crippen LogP) is 1.44. The second kappa shape index (κ2) is 11.4. The van der Waals surface area contributed by atoms with Gasteiger partial charge in [0.15, 0.2) is 34.7 Å². The van der Waals surface area contributed by atoms with E-state index in [9.17, 15) is 47.4 Å². The van der Waals surface area contributed by atoms with Crippen LogP contribution in [-0.2, 0) is 32.1 Å². The van der Waals surface area contributed by atoms with Crippen molar-refractivity contribution in [1.82, 2.24) is 4.90 Å². The van der Waals surface area contributed by atoms with Crippen LogP contribution >= 0.6 is 0 Å². The number of alkyl halides is 3. The third-order valence-electron chi connectivity index (χ3n) is 9.16. The summed E-state index contributed by atoms with van der Waals surface area (Å²) < 4.78 is 41.4. The lowest BCUT2D eigenvalue weighted by atomic mass is 9.52. The number of aliphatic hydroxyl groups is 1. The zero-order valence-corrected chi connectivity index (χ0v) is 25.3. The summed E-state index contributed by atoms with van der Waals surface area (Å²) in [6.45, 7) is 0.0229. The third-order valence-corrected chi connectivity index (χ3v) is 9.16. The van der Waals surface area contributed by atoms with Crippen LogP contribution in [0.3, 0.4) is 0 Å². The third kappa shape index (κ3) is 5.26. The summed E-state index contributed by atoms with van der Waals surface area (Å²) in [7, 11) is 6.44. The van der Waals surface area contributed by atoms with Crippen molar-refractivity contribution in [3.63, 3.8) is 0 Å². The number of Topliss-reactive ketones (excluding diaryl/α,β-unsaturated/α-hetero) is 4. The second-order valence-corrected chi connectivity index (χ2v) is 12.4. The van der Waals surface area contributed by atoms with Gasteiger partial charge in [-0.15, -0.1) is 13.2 Å². The molecule has 46 heavy (non-hydrogen) atoms. The van der Waals surface area contributed by atoms with Crippen molar-refractivity contribution in [2.24, 2.45) is 29.4 Å². The molecular weight excluding hydrogens is 613 g/mol. The van der Waals surface area contributed by atoms with Gasteiger partial charge in [0.2, 0.25) is 5.91 Å². The van der Waals surface area contributed by atoms with Crippen molar-refractivity contribution in [2.45, 2.75) is 37.4 Å². The normalized spacial score (nSPS) is 27.5. The second-order valence-electron chi connectivity index (χ2n) is 12.4. The molecule has 3 aliphatic rings. The minimum atomic E-state index is -4.85. The minimum absolute atomic E-state index is 0.0229. The van der Waals surface area contributed by atoms with Crippen molar-refractivity contribution in [2.75, 3.05) is 38.4 Å². The molecule has 0 aliphatic heterocycles. The number of likely N-dealkylation sites (N-methyl/N-ethyl adjacent to an activating group) is 1. The topological polar surface area (TPSA) is 180 Å². The van der Waals surface area contributed by atoms with Gasteiger partial charge in [-0.25, -0.2) is 0 Å². The average Bonchev–Trinajstić information content (AvgIpc) is 2.94. The van der Waals surface area contributed by atoms with Gasteiger partial charge in [0.1, 0.15) is 11.5 Å². The first-order chi connectivity index (χ1) is 21.4. The molecule has 0 saturated heterocycles. The van der Waals surface area contributed by atoms with Crippen LogP contribution in [0.5, 0.6) is 11.5 Å². The smallest absolute Gasteiger partial charge is 0.505 e. The number of primary amides is 1. The van der Waals surface area contributed by atoms with Gasteiger partial charge in [-0.1, -0.05) is 12.1 Å². The Hall–Kier alpha value is -4.50. The molecule has 0 heterocycles. The number of benzene rings is 2. The number of phenols is 1. The van der Waals surface area contributed by atoms with E-state index in [-0.39, 0.29) is 30.6 Å². The summed E-state index contributed by atoms with van der Waals surface area (Å²) in [4.78, 5) is 70.2. The van der Waals surface area contributed by atoms with Gasteiger partial charge < -0.3 is 30.9 Å². The highest BCUT2D eigenvalue weighted by molar-refractivity contribution is 6.32. The first-order valence-electron chi connectivity index (χ1n) is 14.4. The summed E-state index contributed by atoms with van der Waals surface area (Å²) in [5.74, 6) is -12.0. The van der Waals surface area contributed by atoms with Gasteiger partial charge in [-0.3, -0.25) is 28.9 Å². The van der Waals surface area contributed by atoms with Crippen LogP contribution < -0.4 is 20.7 Å². The molecule has 246 valence electrons. The fraction of sp³-hybridized carbons (Fsp3) is 0.452. The minimum Gasteiger partial charge on any atom is -0.505 e. The number of amides is 1. The van der Waals surface area contributed by atoms with Crippen molar-refractivity contribution in [3.8, 4) is 11.5 Å². The standard InChI is InChI=1S/C31H33F3N4O8/c1-37(2)19-11-18(36-12-13-5-7-15(8-6-13)46-31(32,33)34)24(39)21-16(19)9-14-10-17-23(38(3)4)26(41)22(29(35)44)28(43)30(17,45)27(42)20(14)25(21)40/h5-8,11,14,17,20,22-23,36,39,45H,9-10,12H2,1-4H3,(H2,35,44)/t14-,17-,20?,22?,23-,30-/m1/s1. The number of phenolic OH excluding ortho intramolecular Hbond substituents is 1. The molecule has 2 unspecified atom stereocenters. The monoisotopic (exact) mass is 646 g/mol. The summed E-state index contributed by atoms with van der Waals surface area (Å²) >= 11 is 0. The number of ketones is 4. The van der Waals surface area contributed by atoms with Gasteiger partial charge in [0, 0.05) is 32.2 Å². The fourth-order valence-electron chi connectivity index (χ4n) is 7.19. The molecule has 0 bridgehead atoms. The summed E-state index contributed by atoms with van der Waals surface area (Å²) in [6, 6.07) is 5.42. The number of hydrogen-bond acceptors (Lipinski definition) is 11.